The van der Waals surface area contributed by atoms with Crippen LogP contribution in [0.2, 0.25) is 0 Å². The topological polar surface area (TPSA) is 85.8 Å². The standard InChI is InChI=1S/C17H18BrFN4O4/c1-25-14-5-10(15-8-23(9-24)3-4-27-15)12(19)6-13(14)21-17-20-7-11(18)16(22-17)26-2/h5-7,9,15H,3-4,8H2,1-2H3,(H,20,21,22). The Bertz CT molecular complexity index is 839. The highest BCUT2D eigenvalue weighted by Gasteiger charge is 2.25. The number of carbonyl (C=O) groups is 1. The second kappa shape index (κ2) is 8.49. The minimum Gasteiger partial charge on any atom is -0.495 e. The van der Waals surface area contributed by atoms with Crippen molar-refractivity contribution in [3.8, 4) is 11.6 Å². The lowest BCUT2D eigenvalue weighted by Crippen LogP contribution is -2.37. The lowest BCUT2D eigenvalue weighted by atomic mass is 10.1. The Hall–Kier alpha value is -2.46. The molecule has 0 bridgehead atoms. The molecule has 1 N–H and O–H groups in total. The van der Waals surface area contributed by atoms with Gasteiger partial charge in [0.2, 0.25) is 18.2 Å². The first-order valence-electron chi connectivity index (χ1n) is 8.07. The summed E-state index contributed by atoms with van der Waals surface area (Å²) in [5.41, 5.74) is 0.671. The number of methoxy groups -OCH3 is 2. The summed E-state index contributed by atoms with van der Waals surface area (Å²) >= 11 is 3.27. The van der Waals surface area contributed by atoms with Crippen molar-refractivity contribution in [3.05, 3.63) is 34.2 Å². The summed E-state index contributed by atoms with van der Waals surface area (Å²) in [6.07, 6.45) is 1.70. The number of ether oxygens (including phenoxy) is 3. The fraction of sp³-hybridized carbons (Fsp3) is 0.353. The highest BCUT2D eigenvalue weighted by molar-refractivity contribution is 9.10. The van der Waals surface area contributed by atoms with E-state index in [1.54, 1.807) is 11.0 Å². The molecular weight excluding hydrogens is 423 g/mol. The second-order valence-electron chi connectivity index (χ2n) is 5.71. The summed E-state index contributed by atoms with van der Waals surface area (Å²) in [6, 6.07) is 2.84. The largest absolute Gasteiger partial charge is 0.495 e. The van der Waals surface area contributed by atoms with Crippen molar-refractivity contribution in [3.63, 3.8) is 0 Å². The third-order valence-electron chi connectivity index (χ3n) is 4.06. The number of anilines is 2. The number of amides is 1. The van der Waals surface area contributed by atoms with Crippen LogP contribution in [0.5, 0.6) is 11.6 Å². The van der Waals surface area contributed by atoms with Crippen LogP contribution in [0.3, 0.4) is 0 Å². The van der Waals surface area contributed by atoms with Crippen LogP contribution < -0.4 is 14.8 Å². The number of aromatic nitrogens is 2. The molecule has 1 aromatic carbocycles. The van der Waals surface area contributed by atoms with Crippen LogP contribution in [0.15, 0.2) is 22.8 Å². The molecule has 0 spiro atoms. The first-order chi connectivity index (χ1) is 13.0. The van der Waals surface area contributed by atoms with E-state index in [2.05, 4.69) is 31.2 Å². The Morgan fingerprint density at radius 1 is 1.41 bits per heavy atom. The number of hydrogen-bond donors (Lipinski definition) is 1. The van der Waals surface area contributed by atoms with Crippen LogP contribution >= 0.6 is 15.9 Å². The highest BCUT2D eigenvalue weighted by atomic mass is 79.9. The molecule has 1 fully saturated rings. The van der Waals surface area contributed by atoms with Gasteiger partial charge < -0.3 is 24.4 Å². The van der Waals surface area contributed by atoms with E-state index in [4.69, 9.17) is 14.2 Å². The van der Waals surface area contributed by atoms with Gasteiger partial charge in [0, 0.05) is 18.2 Å². The summed E-state index contributed by atoms with van der Waals surface area (Å²) in [4.78, 5) is 20.9. The van der Waals surface area contributed by atoms with Crippen LogP contribution in [0.4, 0.5) is 16.0 Å². The smallest absolute Gasteiger partial charge is 0.232 e. The molecule has 27 heavy (non-hydrogen) atoms. The summed E-state index contributed by atoms with van der Waals surface area (Å²) < 4.78 is 31.5. The summed E-state index contributed by atoms with van der Waals surface area (Å²) in [5.74, 6) is 0.471. The van der Waals surface area contributed by atoms with Gasteiger partial charge in [-0.3, -0.25) is 4.79 Å². The van der Waals surface area contributed by atoms with E-state index < -0.39 is 11.9 Å². The molecule has 0 saturated carbocycles. The van der Waals surface area contributed by atoms with Crippen LogP contribution in [-0.2, 0) is 9.53 Å². The van der Waals surface area contributed by atoms with Crippen molar-refractivity contribution in [2.45, 2.75) is 6.10 Å². The number of benzene rings is 1. The molecule has 8 nitrogen and oxygen atoms in total. The van der Waals surface area contributed by atoms with E-state index >= 15 is 0 Å². The van der Waals surface area contributed by atoms with Gasteiger partial charge in [-0.2, -0.15) is 4.98 Å². The first-order valence-corrected chi connectivity index (χ1v) is 8.87. The number of halogens is 2. The van der Waals surface area contributed by atoms with E-state index in [1.165, 1.54) is 26.5 Å². The molecule has 1 saturated heterocycles. The lowest BCUT2D eigenvalue weighted by Gasteiger charge is -2.31. The molecule has 1 atom stereocenters. The molecule has 2 aromatic rings. The average Bonchev–Trinajstić information content (AvgIpc) is 2.69. The van der Waals surface area contributed by atoms with Gasteiger partial charge in [0.1, 0.15) is 17.7 Å². The summed E-state index contributed by atoms with van der Waals surface area (Å²) in [5, 5.41) is 2.92. The first kappa shape index (κ1) is 19.3. The Balaban J connectivity index is 1.89. The van der Waals surface area contributed by atoms with Crippen molar-refractivity contribution in [2.75, 3.05) is 39.2 Å². The van der Waals surface area contributed by atoms with Gasteiger partial charge in [0.05, 0.1) is 43.7 Å². The van der Waals surface area contributed by atoms with Gasteiger partial charge in [0.15, 0.2) is 0 Å². The molecule has 3 rings (SSSR count). The molecule has 1 unspecified atom stereocenters. The number of carbonyl (C=O) groups excluding carboxylic acids is 1. The monoisotopic (exact) mass is 440 g/mol. The van der Waals surface area contributed by atoms with Crippen LogP contribution in [0.1, 0.15) is 11.7 Å². The molecule has 2 heterocycles. The number of nitrogens with zero attached hydrogens (tertiary/aromatic N) is 3. The van der Waals surface area contributed by atoms with Crippen molar-refractivity contribution in [1.82, 2.24) is 14.9 Å². The van der Waals surface area contributed by atoms with Gasteiger partial charge >= 0.3 is 0 Å². The molecule has 10 heteroatoms. The number of rotatable bonds is 6. The van der Waals surface area contributed by atoms with E-state index in [-0.39, 0.29) is 12.5 Å². The minimum atomic E-state index is -0.559. The molecular formula is C17H18BrFN4O4. The molecule has 1 aliphatic heterocycles. The third-order valence-corrected chi connectivity index (χ3v) is 4.61. The highest BCUT2D eigenvalue weighted by Crippen LogP contribution is 2.35. The minimum absolute atomic E-state index is 0.224. The molecule has 1 aromatic heterocycles. The predicted octanol–water partition coefficient (Wildman–Crippen LogP) is 2.67. The summed E-state index contributed by atoms with van der Waals surface area (Å²) in [7, 11) is 2.96. The van der Waals surface area contributed by atoms with Crippen molar-refractivity contribution < 1.29 is 23.4 Å². The maximum Gasteiger partial charge on any atom is 0.232 e. The molecule has 1 aliphatic rings. The maximum absolute atomic E-state index is 14.7. The predicted molar refractivity (Wildman–Crippen MR) is 98.8 cm³/mol. The zero-order valence-corrected chi connectivity index (χ0v) is 16.3. The van der Waals surface area contributed by atoms with E-state index in [0.29, 0.717) is 40.5 Å². The third kappa shape index (κ3) is 4.28. The number of morpholine rings is 1. The van der Waals surface area contributed by atoms with E-state index in [1.807, 2.05) is 0 Å². The zero-order chi connectivity index (χ0) is 19.4. The number of nitrogens with one attached hydrogen (secondary N) is 1. The van der Waals surface area contributed by atoms with Gasteiger partial charge in [-0.25, -0.2) is 9.37 Å². The van der Waals surface area contributed by atoms with Crippen LogP contribution in [0.25, 0.3) is 0 Å². The van der Waals surface area contributed by atoms with Crippen molar-refractivity contribution in [1.29, 1.82) is 0 Å². The molecule has 0 aliphatic carbocycles. The van der Waals surface area contributed by atoms with Gasteiger partial charge in [-0.1, -0.05) is 0 Å². The van der Waals surface area contributed by atoms with Gasteiger partial charge in [-0.05, 0) is 22.0 Å². The van der Waals surface area contributed by atoms with Crippen molar-refractivity contribution in [2.24, 2.45) is 0 Å². The van der Waals surface area contributed by atoms with Crippen LogP contribution in [-0.4, -0.2) is 55.2 Å². The van der Waals surface area contributed by atoms with Gasteiger partial charge in [-0.15, -0.1) is 0 Å². The van der Waals surface area contributed by atoms with E-state index in [0.717, 1.165) is 6.41 Å². The number of hydrogen-bond acceptors (Lipinski definition) is 7. The van der Waals surface area contributed by atoms with Gasteiger partial charge in [0.25, 0.3) is 0 Å². The zero-order valence-electron chi connectivity index (χ0n) is 14.7. The SMILES string of the molecule is COc1cc(C2CN(C=O)CCO2)c(F)cc1Nc1ncc(Br)c(OC)n1. The maximum atomic E-state index is 14.7. The second-order valence-corrected chi connectivity index (χ2v) is 6.56. The normalized spacial score (nSPS) is 16.7. The van der Waals surface area contributed by atoms with E-state index in [9.17, 15) is 9.18 Å². The Morgan fingerprint density at radius 2 is 2.22 bits per heavy atom. The Kier molecular flexibility index (Phi) is 6.07. The molecule has 1 amide bonds. The Labute approximate surface area is 163 Å². The molecule has 144 valence electrons. The fourth-order valence-electron chi connectivity index (χ4n) is 2.71. The van der Waals surface area contributed by atoms with Crippen molar-refractivity contribution >= 4 is 34.0 Å². The average molecular weight is 441 g/mol. The molecule has 0 radical (unpaired) electrons. The quantitative estimate of drug-likeness (QED) is 0.690. The fourth-order valence-corrected chi connectivity index (χ4v) is 3.06. The summed E-state index contributed by atoms with van der Waals surface area (Å²) in [6.45, 7) is 1.11. The Morgan fingerprint density at radius 3 is 2.93 bits per heavy atom. The lowest BCUT2D eigenvalue weighted by molar-refractivity contribution is -0.125. The van der Waals surface area contributed by atoms with Crippen LogP contribution in [0, 0.1) is 5.82 Å².